The van der Waals surface area contributed by atoms with Crippen molar-refractivity contribution in [1.29, 1.82) is 0 Å². The molecular formula is C13H19NO2. The number of aliphatic hydroxyl groups is 1. The first-order chi connectivity index (χ1) is 7.43. The predicted molar refractivity (Wildman–Crippen MR) is 63.9 cm³/mol. The van der Waals surface area contributed by atoms with Crippen molar-refractivity contribution in [2.45, 2.75) is 26.4 Å². The zero-order chi connectivity index (χ0) is 12.2. The van der Waals surface area contributed by atoms with Crippen molar-refractivity contribution in [2.75, 3.05) is 6.54 Å². The van der Waals surface area contributed by atoms with E-state index in [1.807, 2.05) is 44.2 Å². The van der Waals surface area contributed by atoms with Crippen LogP contribution in [-0.2, 0) is 10.4 Å². The van der Waals surface area contributed by atoms with Gasteiger partial charge in [-0.15, -0.1) is 0 Å². The van der Waals surface area contributed by atoms with Gasteiger partial charge in [0.15, 0.2) is 0 Å². The summed E-state index contributed by atoms with van der Waals surface area (Å²) in [6.07, 6.45) is 0. The number of benzene rings is 1. The van der Waals surface area contributed by atoms with Gasteiger partial charge in [0, 0.05) is 5.92 Å². The molecule has 0 heterocycles. The second kappa shape index (κ2) is 5.12. The summed E-state index contributed by atoms with van der Waals surface area (Å²) in [6, 6.07) is 9.33. The van der Waals surface area contributed by atoms with Gasteiger partial charge in [-0.3, -0.25) is 4.79 Å². The Hall–Kier alpha value is -1.35. The van der Waals surface area contributed by atoms with Crippen LogP contribution < -0.4 is 5.32 Å². The molecule has 0 aliphatic rings. The average Bonchev–Trinajstić information content (AvgIpc) is 2.27. The van der Waals surface area contributed by atoms with Crippen molar-refractivity contribution < 1.29 is 9.90 Å². The minimum atomic E-state index is -1.02. The van der Waals surface area contributed by atoms with Crippen LogP contribution in [0.4, 0.5) is 0 Å². The van der Waals surface area contributed by atoms with Gasteiger partial charge < -0.3 is 10.4 Å². The fourth-order valence-electron chi connectivity index (χ4n) is 1.36. The summed E-state index contributed by atoms with van der Waals surface area (Å²) in [4.78, 5) is 11.4. The molecule has 0 aliphatic carbocycles. The van der Waals surface area contributed by atoms with Gasteiger partial charge in [-0.25, -0.2) is 0 Å². The summed E-state index contributed by atoms with van der Waals surface area (Å²) in [5.41, 5.74) is -0.217. The number of carbonyl (C=O) groups is 1. The van der Waals surface area contributed by atoms with E-state index in [9.17, 15) is 9.90 Å². The second-order valence-corrected chi connectivity index (χ2v) is 4.51. The Morgan fingerprint density at radius 2 is 1.94 bits per heavy atom. The topological polar surface area (TPSA) is 49.3 Å². The molecule has 1 amide bonds. The van der Waals surface area contributed by atoms with Crippen molar-refractivity contribution >= 4 is 5.91 Å². The summed E-state index contributed by atoms with van der Waals surface area (Å²) in [5, 5.41) is 12.9. The van der Waals surface area contributed by atoms with Crippen molar-refractivity contribution in [1.82, 2.24) is 5.32 Å². The number of nitrogens with one attached hydrogen (secondary N) is 1. The fourth-order valence-corrected chi connectivity index (χ4v) is 1.36. The molecule has 0 radical (unpaired) electrons. The molecule has 1 atom stereocenters. The molecule has 0 fully saturated rings. The molecule has 0 aromatic heterocycles. The van der Waals surface area contributed by atoms with Gasteiger partial charge in [-0.1, -0.05) is 44.2 Å². The van der Waals surface area contributed by atoms with Crippen LogP contribution in [0.15, 0.2) is 30.3 Å². The third kappa shape index (κ3) is 3.35. The lowest BCUT2D eigenvalue weighted by atomic mass is 9.96. The Morgan fingerprint density at radius 1 is 1.38 bits per heavy atom. The maximum atomic E-state index is 11.4. The predicted octanol–water partition coefficient (Wildman–Crippen LogP) is 1.67. The maximum Gasteiger partial charge on any atom is 0.222 e. The van der Waals surface area contributed by atoms with E-state index in [4.69, 9.17) is 0 Å². The quantitative estimate of drug-likeness (QED) is 0.812. The smallest absolute Gasteiger partial charge is 0.222 e. The van der Waals surface area contributed by atoms with E-state index in [1.54, 1.807) is 6.92 Å². The first kappa shape index (κ1) is 12.7. The molecule has 0 spiro atoms. The molecule has 1 rings (SSSR count). The SMILES string of the molecule is CC(C)C(=O)NCC(C)(O)c1ccccc1. The molecule has 88 valence electrons. The Kier molecular flexibility index (Phi) is 4.07. The average molecular weight is 221 g/mol. The zero-order valence-corrected chi connectivity index (χ0v) is 10.0. The van der Waals surface area contributed by atoms with Gasteiger partial charge in [0.25, 0.3) is 0 Å². The molecule has 1 aromatic rings. The van der Waals surface area contributed by atoms with Crippen LogP contribution in [-0.4, -0.2) is 17.6 Å². The van der Waals surface area contributed by atoms with Crippen molar-refractivity contribution in [3.05, 3.63) is 35.9 Å². The fraction of sp³-hybridized carbons (Fsp3) is 0.462. The van der Waals surface area contributed by atoms with Crippen molar-refractivity contribution in [3.8, 4) is 0 Å². The van der Waals surface area contributed by atoms with Crippen LogP contribution in [0.1, 0.15) is 26.3 Å². The van der Waals surface area contributed by atoms with Crippen molar-refractivity contribution in [2.24, 2.45) is 5.92 Å². The summed E-state index contributed by atoms with van der Waals surface area (Å²) < 4.78 is 0. The Labute approximate surface area is 96.5 Å². The van der Waals surface area contributed by atoms with Crippen LogP contribution >= 0.6 is 0 Å². The van der Waals surface area contributed by atoms with Gasteiger partial charge >= 0.3 is 0 Å². The van der Waals surface area contributed by atoms with Gasteiger partial charge in [0.1, 0.15) is 5.60 Å². The van der Waals surface area contributed by atoms with E-state index >= 15 is 0 Å². The number of hydrogen-bond acceptors (Lipinski definition) is 2. The zero-order valence-electron chi connectivity index (χ0n) is 10.0. The summed E-state index contributed by atoms with van der Waals surface area (Å²) in [7, 11) is 0. The van der Waals surface area contributed by atoms with E-state index in [1.165, 1.54) is 0 Å². The van der Waals surface area contributed by atoms with Crippen LogP contribution in [0.3, 0.4) is 0 Å². The normalized spacial score (nSPS) is 14.6. The number of rotatable bonds is 4. The standard InChI is InChI=1S/C13H19NO2/c1-10(2)12(15)14-9-13(3,16)11-7-5-4-6-8-11/h4-8,10,16H,9H2,1-3H3,(H,14,15). The monoisotopic (exact) mass is 221 g/mol. The van der Waals surface area contributed by atoms with E-state index in [-0.39, 0.29) is 18.4 Å². The van der Waals surface area contributed by atoms with E-state index in [2.05, 4.69) is 5.32 Å². The molecule has 2 N–H and O–H groups in total. The Morgan fingerprint density at radius 3 is 2.44 bits per heavy atom. The number of hydrogen-bond donors (Lipinski definition) is 2. The summed E-state index contributed by atoms with van der Waals surface area (Å²) >= 11 is 0. The van der Waals surface area contributed by atoms with Crippen LogP contribution in [0.2, 0.25) is 0 Å². The second-order valence-electron chi connectivity index (χ2n) is 4.51. The highest BCUT2D eigenvalue weighted by molar-refractivity contribution is 5.77. The van der Waals surface area contributed by atoms with Gasteiger partial charge in [0.2, 0.25) is 5.91 Å². The number of amides is 1. The molecule has 0 aliphatic heterocycles. The van der Waals surface area contributed by atoms with Gasteiger partial charge in [0.05, 0.1) is 6.54 Å². The lowest BCUT2D eigenvalue weighted by Crippen LogP contribution is -2.40. The minimum Gasteiger partial charge on any atom is -0.384 e. The highest BCUT2D eigenvalue weighted by atomic mass is 16.3. The molecule has 0 saturated carbocycles. The van der Waals surface area contributed by atoms with E-state index < -0.39 is 5.60 Å². The molecule has 1 aromatic carbocycles. The van der Waals surface area contributed by atoms with E-state index in [0.717, 1.165) is 5.56 Å². The molecule has 0 bridgehead atoms. The van der Waals surface area contributed by atoms with Crippen LogP contribution in [0.25, 0.3) is 0 Å². The number of carbonyl (C=O) groups excluding carboxylic acids is 1. The first-order valence-electron chi connectivity index (χ1n) is 5.49. The highest BCUT2D eigenvalue weighted by Gasteiger charge is 2.23. The lowest BCUT2D eigenvalue weighted by Gasteiger charge is -2.24. The van der Waals surface area contributed by atoms with E-state index in [0.29, 0.717) is 0 Å². The largest absolute Gasteiger partial charge is 0.384 e. The highest BCUT2D eigenvalue weighted by Crippen LogP contribution is 2.18. The molecule has 3 heteroatoms. The maximum absolute atomic E-state index is 11.4. The third-order valence-corrected chi connectivity index (χ3v) is 2.53. The molecule has 3 nitrogen and oxygen atoms in total. The third-order valence-electron chi connectivity index (χ3n) is 2.53. The van der Waals surface area contributed by atoms with Crippen LogP contribution in [0.5, 0.6) is 0 Å². The summed E-state index contributed by atoms with van der Waals surface area (Å²) in [6.45, 7) is 5.58. The summed E-state index contributed by atoms with van der Waals surface area (Å²) in [5.74, 6) is -0.109. The Balaban J connectivity index is 2.63. The lowest BCUT2D eigenvalue weighted by molar-refractivity contribution is -0.125. The van der Waals surface area contributed by atoms with Gasteiger partial charge in [-0.05, 0) is 12.5 Å². The molecule has 0 saturated heterocycles. The van der Waals surface area contributed by atoms with Crippen LogP contribution in [0, 0.1) is 5.92 Å². The molecule has 1 unspecified atom stereocenters. The Bertz CT molecular complexity index is 344. The first-order valence-corrected chi connectivity index (χ1v) is 5.49. The molecule has 16 heavy (non-hydrogen) atoms. The minimum absolute atomic E-state index is 0.0452. The van der Waals surface area contributed by atoms with Gasteiger partial charge in [-0.2, -0.15) is 0 Å². The van der Waals surface area contributed by atoms with Crippen molar-refractivity contribution in [3.63, 3.8) is 0 Å². The molecular weight excluding hydrogens is 202 g/mol.